The van der Waals surface area contributed by atoms with Gasteiger partial charge in [0.2, 0.25) is 0 Å². The topological polar surface area (TPSA) is 59.6 Å². The number of amides is 2. The zero-order valence-corrected chi connectivity index (χ0v) is 13.9. The SMILES string of the molecule is COc1cc(NC(=O)NCc2cc(C)cc(C)c2)cc(OC)c1. The maximum absolute atomic E-state index is 12.1. The van der Waals surface area contributed by atoms with Crippen LogP contribution in [0.15, 0.2) is 36.4 Å². The average Bonchev–Trinajstić information content (AvgIpc) is 2.51. The predicted molar refractivity (Wildman–Crippen MR) is 91.3 cm³/mol. The molecule has 0 fully saturated rings. The van der Waals surface area contributed by atoms with Crippen molar-refractivity contribution < 1.29 is 14.3 Å². The van der Waals surface area contributed by atoms with E-state index in [1.165, 1.54) is 11.1 Å². The molecule has 2 amide bonds. The van der Waals surface area contributed by atoms with Crippen molar-refractivity contribution in [2.45, 2.75) is 20.4 Å². The van der Waals surface area contributed by atoms with Crippen molar-refractivity contribution in [1.29, 1.82) is 0 Å². The highest BCUT2D eigenvalue weighted by Gasteiger charge is 2.06. The zero-order valence-electron chi connectivity index (χ0n) is 13.9. The van der Waals surface area contributed by atoms with Crippen molar-refractivity contribution in [3.8, 4) is 11.5 Å². The lowest BCUT2D eigenvalue weighted by Crippen LogP contribution is -2.28. The van der Waals surface area contributed by atoms with Crippen LogP contribution in [0.5, 0.6) is 11.5 Å². The molecule has 0 spiro atoms. The fraction of sp³-hybridized carbons (Fsp3) is 0.278. The number of benzene rings is 2. The second-order valence-corrected chi connectivity index (χ2v) is 5.40. The number of ether oxygens (including phenoxy) is 2. The molecule has 0 saturated carbocycles. The molecular formula is C18H22N2O3. The van der Waals surface area contributed by atoms with Gasteiger partial charge in [-0.2, -0.15) is 0 Å². The fourth-order valence-electron chi connectivity index (χ4n) is 2.41. The molecule has 23 heavy (non-hydrogen) atoms. The van der Waals surface area contributed by atoms with Crippen LogP contribution in [0.1, 0.15) is 16.7 Å². The number of hydrogen-bond acceptors (Lipinski definition) is 3. The summed E-state index contributed by atoms with van der Waals surface area (Å²) in [6.45, 7) is 4.55. The number of anilines is 1. The van der Waals surface area contributed by atoms with Crippen LogP contribution in [0.25, 0.3) is 0 Å². The molecule has 122 valence electrons. The van der Waals surface area contributed by atoms with E-state index >= 15 is 0 Å². The van der Waals surface area contributed by atoms with Crippen LogP contribution in [0.4, 0.5) is 10.5 Å². The maximum atomic E-state index is 12.1. The molecule has 0 aromatic heterocycles. The van der Waals surface area contributed by atoms with E-state index in [1.807, 2.05) is 13.8 Å². The molecule has 2 N–H and O–H groups in total. The van der Waals surface area contributed by atoms with Crippen LogP contribution in [0.2, 0.25) is 0 Å². The minimum Gasteiger partial charge on any atom is -0.497 e. The highest BCUT2D eigenvalue weighted by atomic mass is 16.5. The van der Waals surface area contributed by atoms with Gasteiger partial charge in [0.1, 0.15) is 11.5 Å². The minimum absolute atomic E-state index is 0.278. The first-order valence-corrected chi connectivity index (χ1v) is 7.35. The molecule has 2 rings (SSSR count). The highest BCUT2D eigenvalue weighted by Crippen LogP contribution is 2.25. The third-order valence-electron chi connectivity index (χ3n) is 3.34. The van der Waals surface area contributed by atoms with Crippen LogP contribution in [-0.4, -0.2) is 20.3 Å². The summed E-state index contributed by atoms with van der Waals surface area (Å²) in [5, 5.41) is 5.63. The Morgan fingerprint density at radius 3 is 2.00 bits per heavy atom. The summed E-state index contributed by atoms with van der Waals surface area (Å²) in [5.41, 5.74) is 4.04. The Morgan fingerprint density at radius 1 is 0.913 bits per heavy atom. The number of methoxy groups -OCH3 is 2. The molecule has 5 nitrogen and oxygen atoms in total. The van der Waals surface area contributed by atoms with Crippen LogP contribution < -0.4 is 20.1 Å². The first-order valence-electron chi connectivity index (χ1n) is 7.35. The first-order chi connectivity index (χ1) is 11.0. The maximum Gasteiger partial charge on any atom is 0.319 e. The Balaban J connectivity index is 1.99. The van der Waals surface area contributed by atoms with E-state index in [2.05, 4.69) is 28.8 Å². The van der Waals surface area contributed by atoms with Gasteiger partial charge in [0.05, 0.1) is 14.2 Å². The van der Waals surface area contributed by atoms with Crippen LogP contribution >= 0.6 is 0 Å². The molecule has 0 aliphatic rings. The van der Waals surface area contributed by atoms with Gasteiger partial charge < -0.3 is 20.1 Å². The lowest BCUT2D eigenvalue weighted by molar-refractivity contribution is 0.251. The van der Waals surface area contributed by atoms with Crippen molar-refractivity contribution >= 4 is 11.7 Å². The third-order valence-corrected chi connectivity index (χ3v) is 3.34. The van der Waals surface area contributed by atoms with Crippen molar-refractivity contribution in [3.63, 3.8) is 0 Å². The normalized spacial score (nSPS) is 10.1. The molecule has 5 heteroatoms. The number of rotatable bonds is 5. The predicted octanol–water partition coefficient (Wildman–Crippen LogP) is 3.64. The van der Waals surface area contributed by atoms with Gasteiger partial charge in [-0.25, -0.2) is 4.79 Å². The van der Waals surface area contributed by atoms with Crippen molar-refractivity contribution in [2.24, 2.45) is 0 Å². The molecule has 0 bridgehead atoms. The molecule has 0 unspecified atom stereocenters. The average molecular weight is 314 g/mol. The summed E-state index contributed by atoms with van der Waals surface area (Å²) in [4.78, 5) is 12.1. The second kappa shape index (κ2) is 7.54. The monoisotopic (exact) mass is 314 g/mol. The van der Waals surface area contributed by atoms with Gasteiger partial charge in [0, 0.05) is 30.4 Å². The summed E-state index contributed by atoms with van der Waals surface area (Å²) >= 11 is 0. The van der Waals surface area contributed by atoms with E-state index in [4.69, 9.17) is 9.47 Å². The Bertz CT molecular complexity index is 656. The van der Waals surface area contributed by atoms with Crippen molar-refractivity contribution in [1.82, 2.24) is 5.32 Å². The van der Waals surface area contributed by atoms with Gasteiger partial charge in [0.25, 0.3) is 0 Å². The first kappa shape index (κ1) is 16.7. The summed E-state index contributed by atoms with van der Waals surface area (Å²) in [6, 6.07) is 11.2. The van der Waals surface area contributed by atoms with Crippen LogP contribution in [-0.2, 0) is 6.54 Å². The summed E-state index contributed by atoms with van der Waals surface area (Å²) in [6.07, 6.45) is 0. The number of aryl methyl sites for hydroxylation is 2. The van der Waals surface area contributed by atoms with Gasteiger partial charge in [-0.3, -0.25) is 0 Å². The fourth-order valence-corrected chi connectivity index (χ4v) is 2.41. The van der Waals surface area contributed by atoms with E-state index in [1.54, 1.807) is 32.4 Å². The van der Waals surface area contributed by atoms with E-state index in [9.17, 15) is 4.79 Å². The lowest BCUT2D eigenvalue weighted by Gasteiger charge is -2.11. The van der Waals surface area contributed by atoms with Crippen molar-refractivity contribution in [3.05, 3.63) is 53.1 Å². The van der Waals surface area contributed by atoms with Gasteiger partial charge in [-0.15, -0.1) is 0 Å². The number of urea groups is 1. The van der Waals surface area contributed by atoms with Gasteiger partial charge in [-0.05, 0) is 19.4 Å². The number of nitrogens with one attached hydrogen (secondary N) is 2. The molecule has 0 aliphatic carbocycles. The Hall–Kier alpha value is -2.69. The zero-order chi connectivity index (χ0) is 16.8. The smallest absolute Gasteiger partial charge is 0.319 e. The van der Waals surface area contributed by atoms with E-state index in [-0.39, 0.29) is 6.03 Å². The second-order valence-electron chi connectivity index (χ2n) is 5.40. The molecule has 0 atom stereocenters. The van der Waals surface area contributed by atoms with E-state index < -0.39 is 0 Å². The Kier molecular flexibility index (Phi) is 5.46. The largest absolute Gasteiger partial charge is 0.497 e. The van der Waals surface area contributed by atoms with Crippen molar-refractivity contribution in [2.75, 3.05) is 19.5 Å². The van der Waals surface area contributed by atoms with E-state index in [0.717, 1.165) is 5.56 Å². The minimum atomic E-state index is -0.278. The molecule has 0 aliphatic heterocycles. The summed E-state index contributed by atoms with van der Waals surface area (Å²) in [5.74, 6) is 1.24. The Labute approximate surface area is 136 Å². The highest BCUT2D eigenvalue weighted by molar-refractivity contribution is 5.89. The molecule has 2 aromatic rings. The van der Waals surface area contributed by atoms with E-state index in [0.29, 0.717) is 23.7 Å². The Morgan fingerprint density at radius 2 is 1.48 bits per heavy atom. The van der Waals surface area contributed by atoms with Gasteiger partial charge >= 0.3 is 6.03 Å². The third kappa shape index (κ3) is 4.92. The van der Waals surface area contributed by atoms with Crippen LogP contribution in [0, 0.1) is 13.8 Å². The van der Waals surface area contributed by atoms with Gasteiger partial charge in [0.15, 0.2) is 0 Å². The molecule has 2 aromatic carbocycles. The number of carbonyl (C=O) groups is 1. The molecular weight excluding hydrogens is 292 g/mol. The van der Waals surface area contributed by atoms with Crippen LogP contribution in [0.3, 0.4) is 0 Å². The number of hydrogen-bond donors (Lipinski definition) is 2. The summed E-state index contributed by atoms with van der Waals surface area (Å²) in [7, 11) is 3.14. The molecule has 0 radical (unpaired) electrons. The molecule has 0 heterocycles. The van der Waals surface area contributed by atoms with Gasteiger partial charge in [-0.1, -0.05) is 29.3 Å². The number of carbonyl (C=O) groups excluding carboxylic acids is 1. The lowest BCUT2D eigenvalue weighted by atomic mass is 10.1. The quantitative estimate of drug-likeness (QED) is 0.886. The molecule has 0 saturated heterocycles. The summed E-state index contributed by atoms with van der Waals surface area (Å²) < 4.78 is 10.4. The standard InChI is InChI=1S/C18H22N2O3/c1-12-5-13(2)7-14(6-12)11-19-18(21)20-15-8-16(22-3)10-17(9-15)23-4/h5-10H,11H2,1-4H3,(H2,19,20,21).